The van der Waals surface area contributed by atoms with Crippen LogP contribution in [0.1, 0.15) is 6.42 Å². The third-order valence-corrected chi connectivity index (χ3v) is 1.94. The van der Waals surface area contributed by atoms with E-state index in [1.165, 1.54) is 13.0 Å². The van der Waals surface area contributed by atoms with Gasteiger partial charge in [0.2, 0.25) is 0 Å². The number of nitrogens with one attached hydrogen (secondary N) is 4. The van der Waals surface area contributed by atoms with Crippen molar-refractivity contribution in [3.63, 3.8) is 0 Å². The maximum absolute atomic E-state index is 3.25. The quantitative estimate of drug-likeness (QED) is 0.281. The van der Waals surface area contributed by atoms with E-state index >= 15 is 0 Å². The monoisotopic (exact) mass is 142 g/mol. The van der Waals surface area contributed by atoms with E-state index in [0.717, 1.165) is 13.1 Å². The van der Waals surface area contributed by atoms with E-state index in [2.05, 4.69) is 21.5 Å². The standard InChI is InChI=1S/C6H14N4/c1-2-7-6(1)10-9-4-5-3-8-5/h5-10H,1-4H2. The Morgan fingerprint density at radius 3 is 2.70 bits per heavy atom. The van der Waals surface area contributed by atoms with Crippen molar-refractivity contribution in [2.75, 3.05) is 19.6 Å². The molecule has 2 rings (SSSR count). The second kappa shape index (κ2) is 2.84. The highest BCUT2D eigenvalue weighted by Crippen LogP contribution is 1.96. The van der Waals surface area contributed by atoms with E-state index < -0.39 is 0 Å². The zero-order valence-electron chi connectivity index (χ0n) is 5.98. The molecule has 0 aromatic heterocycles. The molecule has 0 saturated carbocycles. The van der Waals surface area contributed by atoms with Gasteiger partial charge >= 0.3 is 0 Å². The minimum absolute atomic E-state index is 0.513. The normalized spacial score (nSPS) is 37.2. The molecule has 2 aliphatic heterocycles. The van der Waals surface area contributed by atoms with Gasteiger partial charge in [0.15, 0.2) is 0 Å². The van der Waals surface area contributed by atoms with Gasteiger partial charge in [-0.15, -0.1) is 0 Å². The van der Waals surface area contributed by atoms with Crippen molar-refractivity contribution in [1.82, 2.24) is 21.5 Å². The fourth-order valence-electron chi connectivity index (χ4n) is 0.945. The second-order valence-corrected chi connectivity index (χ2v) is 2.93. The van der Waals surface area contributed by atoms with E-state index in [1.54, 1.807) is 0 Å². The van der Waals surface area contributed by atoms with E-state index in [0.29, 0.717) is 12.2 Å². The van der Waals surface area contributed by atoms with Crippen LogP contribution < -0.4 is 21.5 Å². The summed E-state index contributed by atoms with van der Waals surface area (Å²) in [6.07, 6.45) is 1.75. The van der Waals surface area contributed by atoms with Gasteiger partial charge in [0, 0.05) is 19.1 Å². The van der Waals surface area contributed by atoms with Crippen molar-refractivity contribution < 1.29 is 0 Å². The van der Waals surface area contributed by atoms with Gasteiger partial charge in [0.25, 0.3) is 0 Å². The molecule has 2 aliphatic rings. The summed E-state index contributed by atoms with van der Waals surface area (Å²) in [4.78, 5) is 0. The molecule has 2 heterocycles. The molecule has 0 amide bonds. The molecule has 10 heavy (non-hydrogen) atoms. The third-order valence-electron chi connectivity index (χ3n) is 1.94. The molecule has 0 radical (unpaired) electrons. The maximum Gasteiger partial charge on any atom is 0.0716 e. The average molecular weight is 142 g/mol. The van der Waals surface area contributed by atoms with E-state index in [-0.39, 0.29) is 0 Å². The zero-order valence-corrected chi connectivity index (χ0v) is 5.98. The lowest BCUT2D eigenvalue weighted by atomic mass is 10.2. The molecule has 4 N–H and O–H groups in total. The summed E-state index contributed by atoms with van der Waals surface area (Å²) in [7, 11) is 0. The Morgan fingerprint density at radius 1 is 1.40 bits per heavy atom. The highest BCUT2D eigenvalue weighted by atomic mass is 15.4. The van der Waals surface area contributed by atoms with Crippen molar-refractivity contribution in [1.29, 1.82) is 0 Å². The van der Waals surface area contributed by atoms with Crippen molar-refractivity contribution >= 4 is 0 Å². The molecule has 58 valence electrons. The van der Waals surface area contributed by atoms with Gasteiger partial charge in [0.1, 0.15) is 0 Å². The number of hydrogen-bond donors (Lipinski definition) is 4. The van der Waals surface area contributed by atoms with Crippen molar-refractivity contribution in [2.24, 2.45) is 0 Å². The van der Waals surface area contributed by atoms with Crippen LogP contribution in [-0.2, 0) is 0 Å². The molecule has 0 aliphatic carbocycles. The molecule has 2 fully saturated rings. The third kappa shape index (κ3) is 1.67. The molecular formula is C6H14N4. The van der Waals surface area contributed by atoms with Crippen LogP contribution in [0, 0.1) is 0 Å². The molecule has 4 heteroatoms. The number of rotatable bonds is 4. The average Bonchev–Trinajstić information content (AvgIpc) is 2.58. The minimum Gasteiger partial charge on any atom is -0.310 e. The first-order chi connectivity index (χ1) is 4.95. The lowest BCUT2D eigenvalue weighted by Crippen LogP contribution is -2.57. The molecule has 0 aromatic rings. The largest absolute Gasteiger partial charge is 0.310 e. The summed E-state index contributed by atoms with van der Waals surface area (Å²) in [6, 6.07) is 0.715. The molecule has 4 nitrogen and oxygen atoms in total. The first-order valence-electron chi connectivity index (χ1n) is 3.90. The number of hydrogen-bond acceptors (Lipinski definition) is 4. The van der Waals surface area contributed by atoms with Crippen molar-refractivity contribution in [3.05, 3.63) is 0 Å². The Hall–Kier alpha value is -0.160. The van der Waals surface area contributed by atoms with Gasteiger partial charge in [-0.1, -0.05) is 0 Å². The summed E-state index contributed by atoms with van der Waals surface area (Å²) >= 11 is 0. The Bertz CT molecular complexity index is 108. The van der Waals surface area contributed by atoms with E-state index in [9.17, 15) is 0 Å². The Balaban J connectivity index is 1.46. The minimum atomic E-state index is 0.513. The molecule has 2 saturated heterocycles. The van der Waals surface area contributed by atoms with Crippen LogP contribution in [0.3, 0.4) is 0 Å². The molecule has 0 aromatic carbocycles. The zero-order chi connectivity index (χ0) is 6.81. The molecule has 0 bridgehead atoms. The highest BCUT2D eigenvalue weighted by molar-refractivity contribution is 4.85. The lowest BCUT2D eigenvalue weighted by molar-refractivity contribution is 0.275. The summed E-state index contributed by atoms with van der Waals surface area (Å²) in [5, 5.41) is 6.47. The van der Waals surface area contributed by atoms with Crippen LogP contribution in [-0.4, -0.2) is 31.8 Å². The summed E-state index contributed by atoms with van der Waals surface area (Å²) in [6.45, 7) is 3.37. The first-order valence-corrected chi connectivity index (χ1v) is 3.90. The van der Waals surface area contributed by atoms with Crippen LogP contribution in [0.5, 0.6) is 0 Å². The van der Waals surface area contributed by atoms with Gasteiger partial charge in [-0.3, -0.25) is 5.43 Å². The van der Waals surface area contributed by atoms with Crippen molar-refractivity contribution in [2.45, 2.75) is 18.6 Å². The van der Waals surface area contributed by atoms with Gasteiger partial charge in [-0.05, 0) is 13.0 Å². The molecule has 0 spiro atoms. The van der Waals surface area contributed by atoms with Gasteiger partial charge in [-0.2, -0.15) is 0 Å². The van der Waals surface area contributed by atoms with Crippen LogP contribution in [0.2, 0.25) is 0 Å². The molecule has 2 unspecified atom stereocenters. The topological polar surface area (TPSA) is 58.0 Å². The van der Waals surface area contributed by atoms with Crippen LogP contribution in [0.4, 0.5) is 0 Å². The summed E-state index contributed by atoms with van der Waals surface area (Å²) in [5.74, 6) is 0. The smallest absolute Gasteiger partial charge is 0.0716 e. The van der Waals surface area contributed by atoms with E-state index in [4.69, 9.17) is 0 Å². The molecule has 2 atom stereocenters. The van der Waals surface area contributed by atoms with Crippen LogP contribution in [0.15, 0.2) is 0 Å². The highest BCUT2D eigenvalue weighted by Gasteiger charge is 2.20. The van der Waals surface area contributed by atoms with Gasteiger partial charge in [-0.25, -0.2) is 5.43 Å². The maximum atomic E-state index is 3.25. The SMILES string of the molecule is C1CC(NNCC2CN2)N1. The first kappa shape index (κ1) is 6.54. The van der Waals surface area contributed by atoms with Gasteiger partial charge in [0.05, 0.1) is 6.17 Å². The van der Waals surface area contributed by atoms with Crippen molar-refractivity contribution in [3.8, 4) is 0 Å². The number of hydrazine groups is 1. The second-order valence-electron chi connectivity index (χ2n) is 2.93. The lowest BCUT2D eigenvalue weighted by Gasteiger charge is -2.28. The van der Waals surface area contributed by atoms with Gasteiger partial charge < -0.3 is 10.6 Å². The Kier molecular flexibility index (Phi) is 1.86. The predicted molar refractivity (Wildman–Crippen MR) is 39.3 cm³/mol. The van der Waals surface area contributed by atoms with Crippen LogP contribution in [0.25, 0.3) is 0 Å². The van der Waals surface area contributed by atoms with E-state index in [1.807, 2.05) is 0 Å². The predicted octanol–water partition coefficient (Wildman–Crippen LogP) is -1.63. The summed E-state index contributed by atoms with van der Waals surface area (Å²) in [5.41, 5.74) is 6.36. The fraction of sp³-hybridized carbons (Fsp3) is 1.00. The Labute approximate surface area is 60.7 Å². The molecular weight excluding hydrogens is 128 g/mol. The summed E-state index contributed by atoms with van der Waals surface area (Å²) < 4.78 is 0. The fourth-order valence-corrected chi connectivity index (χ4v) is 0.945. The van der Waals surface area contributed by atoms with Crippen LogP contribution >= 0.6 is 0 Å². The Morgan fingerprint density at radius 2 is 2.20 bits per heavy atom.